The van der Waals surface area contributed by atoms with Gasteiger partial charge in [-0.15, -0.1) is 0 Å². The zero-order chi connectivity index (χ0) is 21.2. The van der Waals surface area contributed by atoms with Crippen LogP contribution in [0.5, 0.6) is 0 Å². The van der Waals surface area contributed by atoms with Crippen molar-refractivity contribution in [3.8, 4) is 0 Å². The van der Waals surface area contributed by atoms with Crippen LogP contribution in [0.25, 0.3) is 0 Å². The summed E-state index contributed by atoms with van der Waals surface area (Å²) in [6.45, 7) is 9.13. The molecule has 0 heterocycles. The predicted molar refractivity (Wildman–Crippen MR) is 124 cm³/mol. The molecule has 4 aliphatic rings. The molecule has 6 unspecified atom stereocenters. The Bertz CT molecular complexity index is 553. The highest BCUT2D eigenvalue weighted by molar-refractivity contribution is 5.10. The van der Waals surface area contributed by atoms with Crippen molar-refractivity contribution in [3.05, 3.63) is 0 Å². The number of nitrogens with one attached hydrogen (secondary N) is 1. The molecule has 30 heavy (non-hydrogen) atoms. The Hall–Kier alpha value is -0.120. The van der Waals surface area contributed by atoms with Crippen LogP contribution in [-0.4, -0.2) is 20.4 Å². The van der Waals surface area contributed by atoms with Gasteiger partial charge in [-0.25, -0.2) is 5.48 Å². The minimum atomic E-state index is 0.362. The lowest BCUT2D eigenvalue weighted by atomic mass is 9.42. The fraction of sp³-hybridized carbons (Fsp3) is 1.00. The van der Waals surface area contributed by atoms with Crippen LogP contribution in [0.4, 0.5) is 0 Å². The SMILES string of the molecule is CC[C@H]1CC2C3CCC(CCCCOCONC)C3(C)CC[C@@H]2C2(C)CCCCC12. The lowest BCUT2D eigenvalue weighted by Gasteiger charge is -2.62. The van der Waals surface area contributed by atoms with Gasteiger partial charge in [0.2, 0.25) is 0 Å². The summed E-state index contributed by atoms with van der Waals surface area (Å²) < 4.78 is 5.54. The first kappa shape index (κ1) is 23.1. The molecule has 0 aromatic heterocycles. The van der Waals surface area contributed by atoms with Crippen LogP contribution >= 0.6 is 0 Å². The van der Waals surface area contributed by atoms with Gasteiger partial charge in [-0.1, -0.05) is 46.5 Å². The Balaban J connectivity index is 1.38. The molecule has 1 N–H and O–H groups in total. The second-order valence-corrected chi connectivity index (χ2v) is 11.8. The average Bonchev–Trinajstić information content (AvgIpc) is 3.08. The van der Waals surface area contributed by atoms with E-state index in [1.54, 1.807) is 13.5 Å². The number of hydrogen-bond donors (Lipinski definition) is 1. The molecule has 174 valence electrons. The van der Waals surface area contributed by atoms with Crippen molar-refractivity contribution in [2.24, 2.45) is 46.3 Å². The monoisotopic (exact) mass is 419 g/mol. The number of fused-ring (bicyclic) bond motifs is 5. The van der Waals surface area contributed by atoms with E-state index in [2.05, 4.69) is 26.3 Å². The molecule has 3 heteroatoms. The number of hydrogen-bond acceptors (Lipinski definition) is 3. The quantitative estimate of drug-likeness (QED) is 0.249. The van der Waals surface area contributed by atoms with Gasteiger partial charge < -0.3 is 4.74 Å². The summed E-state index contributed by atoms with van der Waals surface area (Å²) in [5.74, 6) is 6.06. The van der Waals surface area contributed by atoms with E-state index in [1.165, 1.54) is 77.0 Å². The molecule has 0 bridgehead atoms. The fourth-order valence-electron chi connectivity index (χ4n) is 9.36. The highest BCUT2D eigenvalue weighted by atomic mass is 16.7. The summed E-state index contributed by atoms with van der Waals surface area (Å²) in [6.07, 6.45) is 19.0. The molecular weight excluding hydrogens is 370 g/mol. The topological polar surface area (TPSA) is 30.5 Å². The molecular formula is C27H49NO2. The Morgan fingerprint density at radius 3 is 2.53 bits per heavy atom. The first-order valence-electron chi connectivity index (χ1n) is 13.4. The minimum absolute atomic E-state index is 0.362. The normalized spacial score (nSPS) is 45.6. The van der Waals surface area contributed by atoms with Gasteiger partial charge in [0.05, 0.1) is 0 Å². The van der Waals surface area contributed by atoms with Gasteiger partial charge in [0.25, 0.3) is 0 Å². The summed E-state index contributed by atoms with van der Waals surface area (Å²) in [4.78, 5) is 5.04. The van der Waals surface area contributed by atoms with E-state index in [1.807, 2.05) is 0 Å². The van der Waals surface area contributed by atoms with Gasteiger partial charge in [0.15, 0.2) is 6.79 Å². The number of rotatable bonds is 9. The lowest BCUT2D eigenvalue weighted by Crippen LogP contribution is -2.55. The molecule has 4 fully saturated rings. The maximum Gasteiger partial charge on any atom is 0.166 e. The van der Waals surface area contributed by atoms with E-state index in [4.69, 9.17) is 9.57 Å². The third kappa shape index (κ3) is 4.13. The number of ether oxygens (including phenoxy) is 1. The molecule has 4 saturated carbocycles. The van der Waals surface area contributed by atoms with Crippen molar-refractivity contribution in [1.82, 2.24) is 5.48 Å². The molecule has 0 spiro atoms. The number of hydroxylamine groups is 1. The molecule has 4 aliphatic carbocycles. The van der Waals surface area contributed by atoms with E-state index < -0.39 is 0 Å². The maximum atomic E-state index is 5.54. The highest BCUT2D eigenvalue weighted by Gasteiger charge is 2.60. The van der Waals surface area contributed by atoms with Crippen LogP contribution in [0, 0.1) is 46.3 Å². The first-order chi connectivity index (χ1) is 14.5. The van der Waals surface area contributed by atoms with Crippen molar-refractivity contribution < 1.29 is 9.57 Å². The zero-order valence-electron chi connectivity index (χ0n) is 20.4. The van der Waals surface area contributed by atoms with Crippen LogP contribution in [0.1, 0.15) is 104 Å². The van der Waals surface area contributed by atoms with Crippen LogP contribution in [0.3, 0.4) is 0 Å². The third-order valence-corrected chi connectivity index (χ3v) is 10.9. The summed E-state index contributed by atoms with van der Waals surface area (Å²) in [5, 5.41) is 0. The Labute approximate surface area is 186 Å². The summed E-state index contributed by atoms with van der Waals surface area (Å²) >= 11 is 0. The number of unbranched alkanes of at least 4 members (excludes halogenated alkanes) is 1. The molecule has 0 saturated heterocycles. The third-order valence-electron chi connectivity index (χ3n) is 10.9. The van der Waals surface area contributed by atoms with Gasteiger partial charge in [0, 0.05) is 13.7 Å². The molecule has 0 amide bonds. The van der Waals surface area contributed by atoms with Crippen LogP contribution in [0.2, 0.25) is 0 Å². The lowest BCUT2D eigenvalue weighted by molar-refractivity contribution is -0.136. The Kier molecular flexibility index (Phi) is 7.52. The molecule has 0 aromatic carbocycles. The van der Waals surface area contributed by atoms with E-state index in [0.29, 0.717) is 17.6 Å². The molecule has 3 nitrogen and oxygen atoms in total. The summed E-state index contributed by atoms with van der Waals surface area (Å²) in [5.41, 5.74) is 3.94. The van der Waals surface area contributed by atoms with Gasteiger partial charge in [-0.05, 0) is 104 Å². The molecule has 0 aliphatic heterocycles. The van der Waals surface area contributed by atoms with Gasteiger partial charge in [-0.2, -0.15) is 0 Å². The summed E-state index contributed by atoms with van der Waals surface area (Å²) in [6, 6.07) is 0. The second-order valence-electron chi connectivity index (χ2n) is 11.8. The molecule has 0 radical (unpaired) electrons. The van der Waals surface area contributed by atoms with Crippen LogP contribution in [-0.2, 0) is 9.57 Å². The average molecular weight is 420 g/mol. The van der Waals surface area contributed by atoms with Crippen molar-refractivity contribution in [2.45, 2.75) is 104 Å². The van der Waals surface area contributed by atoms with Crippen molar-refractivity contribution in [2.75, 3.05) is 20.4 Å². The minimum Gasteiger partial charge on any atom is -0.353 e. The van der Waals surface area contributed by atoms with Crippen LogP contribution in [0.15, 0.2) is 0 Å². The van der Waals surface area contributed by atoms with Gasteiger partial charge in [0.1, 0.15) is 0 Å². The first-order valence-corrected chi connectivity index (χ1v) is 13.4. The molecule has 8 atom stereocenters. The van der Waals surface area contributed by atoms with Gasteiger partial charge in [-0.3, -0.25) is 4.84 Å². The van der Waals surface area contributed by atoms with E-state index in [0.717, 1.165) is 42.1 Å². The largest absolute Gasteiger partial charge is 0.353 e. The fourth-order valence-corrected chi connectivity index (χ4v) is 9.36. The predicted octanol–water partition coefficient (Wildman–Crippen LogP) is 6.97. The second kappa shape index (κ2) is 9.79. The highest BCUT2D eigenvalue weighted by Crippen LogP contribution is 2.69. The van der Waals surface area contributed by atoms with E-state index in [9.17, 15) is 0 Å². The Morgan fingerprint density at radius 2 is 1.73 bits per heavy atom. The maximum absolute atomic E-state index is 5.54. The van der Waals surface area contributed by atoms with E-state index >= 15 is 0 Å². The van der Waals surface area contributed by atoms with Crippen LogP contribution < -0.4 is 5.48 Å². The Morgan fingerprint density at radius 1 is 0.900 bits per heavy atom. The van der Waals surface area contributed by atoms with Crippen molar-refractivity contribution >= 4 is 0 Å². The smallest absolute Gasteiger partial charge is 0.166 e. The molecule has 0 aromatic rings. The standard InChI is InChI=1S/C27H49NO2/c1-5-20-18-22-24-13-12-21(10-7-9-17-29-19-30-28-4)26(24,2)16-14-25(22)27(3)15-8-6-11-23(20)27/h20-25,28H,5-19H2,1-4H3/t20-,21?,22?,23?,24?,25-,26?,27?/m0/s1. The van der Waals surface area contributed by atoms with E-state index in [-0.39, 0.29) is 0 Å². The zero-order valence-corrected chi connectivity index (χ0v) is 20.4. The van der Waals surface area contributed by atoms with Crippen molar-refractivity contribution in [3.63, 3.8) is 0 Å². The van der Waals surface area contributed by atoms with Crippen molar-refractivity contribution in [1.29, 1.82) is 0 Å². The van der Waals surface area contributed by atoms with Gasteiger partial charge >= 0.3 is 0 Å². The molecule has 4 rings (SSSR count). The summed E-state index contributed by atoms with van der Waals surface area (Å²) in [7, 11) is 1.78.